The van der Waals surface area contributed by atoms with Crippen LogP contribution in [0.1, 0.15) is 43.7 Å². The van der Waals surface area contributed by atoms with Gasteiger partial charge in [-0.15, -0.1) is 24.0 Å². The zero-order valence-electron chi connectivity index (χ0n) is 18.6. The van der Waals surface area contributed by atoms with Gasteiger partial charge in [0.2, 0.25) is 0 Å². The molecular formula is C23H39IN4O2. The summed E-state index contributed by atoms with van der Waals surface area (Å²) in [5, 5.41) is 6.83. The number of rotatable bonds is 10. The highest BCUT2D eigenvalue weighted by Crippen LogP contribution is 2.23. The summed E-state index contributed by atoms with van der Waals surface area (Å²) in [6.07, 6.45) is 4.94. The predicted molar refractivity (Wildman–Crippen MR) is 134 cm³/mol. The molecule has 2 fully saturated rings. The molecule has 2 N–H and O–H groups in total. The molecule has 0 spiro atoms. The maximum absolute atomic E-state index is 6.15. The summed E-state index contributed by atoms with van der Waals surface area (Å²) in [5.41, 5.74) is 2.34. The summed E-state index contributed by atoms with van der Waals surface area (Å²) in [7, 11) is 0. The molecule has 6 nitrogen and oxygen atoms in total. The fourth-order valence-electron chi connectivity index (χ4n) is 3.87. The zero-order chi connectivity index (χ0) is 20.3. The summed E-state index contributed by atoms with van der Waals surface area (Å²) in [6.45, 7) is 12.7. The molecule has 2 aliphatic rings. The second-order valence-electron chi connectivity index (χ2n) is 8.18. The molecule has 1 aromatic rings. The highest BCUT2D eigenvalue weighted by Gasteiger charge is 2.17. The Kier molecular flexibility index (Phi) is 11.8. The first kappa shape index (κ1) is 25.2. The quantitative estimate of drug-likeness (QED) is 0.210. The molecular weight excluding hydrogens is 491 g/mol. The number of benzene rings is 1. The molecule has 3 rings (SSSR count). The highest BCUT2D eigenvalue weighted by atomic mass is 127. The predicted octanol–water partition coefficient (Wildman–Crippen LogP) is 3.57. The van der Waals surface area contributed by atoms with Gasteiger partial charge in [-0.05, 0) is 70.8 Å². The molecule has 2 heterocycles. The lowest BCUT2D eigenvalue weighted by Crippen LogP contribution is -2.38. The molecule has 0 radical (unpaired) electrons. The fourth-order valence-corrected chi connectivity index (χ4v) is 3.87. The molecule has 0 aromatic heterocycles. The maximum Gasteiger partial charge on any atom is 0.191 e. The third-order valence-electron chi connectivity index (χ3n) is 5.62. The van der Waals surface area contributed by atoms with Crippen molar-refractivity contribution in [2.75, 3.05) is 52.5 Å². The number of hydrogen-bond acceptors (Lipinski definition) is 4. The van der Waals surface area contributed by atoms with Crippen LogP contribution in [0.15, 0.2) is 23.2 Å². The van der Waals surface area contributed by atoms with E-state index in [1.165, 1.54) is 38.0 Å². The van der Waals surface area contributed by atoms with Gasteiger partial charge < -0.3 is 25.0 Å². The van der Waals surface area contributed by atoms with Crippen LogP contribution in [0.25, 0.3) is 0 Å². The van der Waals surface area contributed by atoms with Crippen molar-refractivity contribution in [3.63, 3.8) is 0 Å². The number of ether oxygens (including phenoxy) is 2. The van der Waals surface area contributed by atoms with Crippen LogP contribution in [0.3, 0.4) is 0 Å². The van der Waals surface area contributed by atoms with Gasteiger partial charge in [0.1, 0.15) is 5.75 Å². The molecule has 170 valence electrons. The second kappa shape index (κ2) is 14.1. The monoisotopic (exact) mass is 530 g/mol. The van der Waals surface area contributed by atoms with E-state index in [0.717, 1.165) is 63.0 Å². The molecule has 0 amide bonds. The average Bonchev–Trinajstić information content (AvgIpc) is 3.42. The largest absolute Gasteiger partial charge is 0.493 e. The lowest BCUT2D eigenvalue weighted by molar-refractivity contribution is 0.166. The van der Waals surface area contributed by atoms with Crippen LogP contribution < -0.4 is 15.4 Å². The van der Waals surface area contributed by atoms with Gasteiger partial charge in [-0.2, -0.15) is 0 Å². The van der Waals surface area contributed by atoms with Crippen molar-refractivity contribution in [1.82, 2.24) is 15.5 Å². The number of nitrogens with zero attached hydrogens (tertiary/aromatic N) is 2. The smallest absolute Gasteiger partial charge is 0.191 e. The minimum atomic E-state index is 0. The lowest BCUT2D eigenvalue weighted by atomic mass is 10.1. The normalized spacial score (nSPS) is 19.5. The van der Waals surface area contributed by atoms with Crippen LogP contribution in [0.5, 0.6) is 5.75 Å². The van der Waals surface area contributed by atoms with E-state index in [9.17, 15) is 0 Å². The van der Waals surface area contributed by atoms with Crippen LogP contribution >= 0.6 is 24.0 Å². The van der Waals surface area contributed by atoms with E-state index in [-0.39, 0.29) is 24.0 Å². The summed E-state index contributed by atoms with van der Waals surface area (Å²) in [4.78, 5) is 7.35. The Labute approximate surface area is 199 Å². The Morgan fingerprint density at radius 3 is 2.83 bits per heavy atom. The minimum Gasteiger partial charge on any atom is -0.493 e. The number of aliphatic imine (C=N–C) groups is 1. The van der Waals surface area contributed by atoms with Crippen molar-refractivity contribution in [3.8, 4) is 5.75 Å². The van der Waals surface area contributed by atoms with Crippen LogP contribution in [-0.2, 0) is 11.3 Å². The second-order valence-corrected chi connectivity index (χ2v) is 8.18. The molecule has 0 saturated carbocycles. The van der Waals surface area contributed by atoms with E-state index < -0.39 is 0 Å². The van der Waals surface area contributed by atoms with E-state index >= 15 is 0 Å². The Hall–Kier alpha value is -1.06. The van der Waals surface area contributed by atoms with Crippen molar-refractivity contribution in [1.29, 1.82) is 0 Å². The summed E-state index contributed by atoms with van der Waals surface area (Å²) < 4.78 is 11.6. The number of hydrogen-bond donors (Lipinski definition) is 2. The first-order chi connectivity index (χ1) is 14.2. The number of nitrogens with one attached hydrogen (secondary N) is 2. The van der Waals surface area contributed by atoms with Crippen LogP contribution in [0.2, 0.25) is 0 Å². The van der Waals surface area contributed by atoms with Crippen LogP contribution in [0, 0.1) is 12.8 Å². The van der Waals surface area contributed by atoms with Crippen LogP contribution in [-0.4, -0.2) is 63.4 Å². The molecule has 2 aliphatic heterocycles. The van der Waals surface area contributed by atoms with Gasteiger partial charge >= 0.3 is 0 Å². The third kappa shape index (κ3) is 8.59. The Bertz CT molecular complexity index is 644. The Morgan fingerprint density at radius 2 is 2.10 bits per heavy atom. The molecule has 7 heteroatoms. The van der Waals surface area contributed by atoms with Crippen molar-refractivity contribution in [2.24, 2.45) is 10.9 Å². The fraction of sp³-hybridized carbons (Fsp3) is 0.696. The molecule has 1 aromatic carbocycles. The number of aryl methyl sites for hydroxylation is 1. The van der Waals surface area contributed by atoms with Gasteiger partial charge in [-0.25, -0.2) is 4.99 Å². The lowest BCUT2D eigenvalue weighted by Gasteiger charge is -2.16. The third-order valence-corrected chi connectivity index (χ3v) is 5.62. The summed E-state index contributed by atoms with van der Waals surface area (Å²) in [6, 6.07) is 6.39. The average molecular weight is 530 g/mol. The van der Waals surface area contributed by atoms with Gasteiger partial charge in [0.05, 0.1) is 19.8 Å². The molecule has 30 heavy (non-hydrogen) atoms. The van der Waals surface area contributed by atoms with Gasteiger partial charge in [-0.1, -0.05) is 12.1 Å². The van der Waals surface area contributed by atoms with Crippen molar-refractivity contribution in [2.45, 2.75) is 46.1 Å². The Morgan fingerprint density at radius 1 is 1.27 bits per heavy atom. The maximum atomic E-state index is 6.15. The van der Waals surface area contributed by atoms with Gasteiger partial charge in [0, 0.05) is 31.2 Å². The van der Waals surface area contributed by atoms with E-state index in [2.05, 4.69) is 47.6 Å². The number of likely N-dealkylation sites (tertiary alicyclic amines) is 1. The number of guanidine groups is 1. The van der Waals surface area contributed by atoms with Gasteiger partial charge in [0.25, 0.3) is 0 Å². The summed E-state index contributed by atoms with van der Waals surface area (Å²) >= 11 is 0. The Balaban J connectivity index is 0.00000320. The van der Waals surface area contributed by atoms with Crippen LogP contribution in [0.4, 0.5) is 0 Å². The molecule has 0 bridgehead atoms. The van der Waals surface area contributed by atoms with Crippen molar-refractivity contribution < 1.29 is 9.47 Å². The number of halogens is 1. The molecule has 1 unspecified atom stereocenters. The SMILES string of the molecule is CCNC(=NCc1ccc(C)cc1OCC1CCOC1)NCCCN1CCCC1.I. The minimum absolute atomic E-state index is 0. The first-order valence-corrected chi connectivity index (χ1v) is 11.3. The van der Waals surface area contributed by atoms with Gasteiger partial charge in [0.15, 0.2) is 5.96 Å². The standard InChI is InChI=1S/C23H38N4O2.HI/c1-3-24-23(25-10-6-13-27-11-4-5-12-27)26-16-21-8-7-19(2)15-22(21)29-18-20-9-14-28-17-20;/h7-8,15,20H,3-6,9-14,16-18H2,1-2H3,(H2,24,25,26);1H. The van der Waals surface area contributed by atoms with E-state index in [0.29, 0.717) is 12.5 Å². The zero-order valence-corrected chi connectivity index (χ0v) is 21.0. The molecule has 1 atom stereocenters. The van der Waals surface area contributed by atoms with Gasteiger partial charge in [-0.3, -0.25) is 0 Å². The van der Waals surface area contributed by atoms with Crippen molar-refractivity contribution >= 4 is 29.9 Å². The highest BCUT2D eigenvalue weighted by molar-refractivity contribution is 14.0. The molecule has 2 saturated heterocycles. The molecule has 0 aliphatic carbocycles. The topological polar surface area (TPSA) is 58.1 Å². The summed E-state index contributed by atoms with van der Waals surface area (Å²) in [5.74, 6) is 2.33. The van der Waals surface area contributed by atoms with Crippen molar-refractivity contribution in [3.05, 3.63) is 29.3 Å². The van der Waals surface area contributed by atoms with E-state index in [1.54, 1.807) is 0 Å². The van der Waals surface area contributed by atoms with E-state index in [4.69, 9.17) is 14.5 Å². The first-order valence-electron chi connectivity index (χ1n) is 11.3. The van der Waals surface area contributed by atoms with E-state index in [1.807, 2.05) is 0 Å².